The van der Waals surface area contributed by atoms with Gasteiger partial charge in [0, 0.05) is 6.07 Å². The SMILES string of the molecule is O=[N+]([O-])c1ccc2n[nH]nc2c1-c1ccccc1. The second kappa shape index (κ2) is 3.92. The van der Waals surface area contributed by atoms with E-state index >= 15 is 0 Å². The van der Waals surface area contributed by atoms with Crippen molar-refractivity contribution < 1.29 is 4.92 Å². The zero-order valence-electron chi connectivity index (χ0n) is 9.20. The minimum absolute atomic E-state index is 0.0302. The molecule has 0 radical (unpaired) electrons. The molecule has 6 nitrogen and oxygen atoms in total. The highest BCUT2D eigenvalue weighted by molar-refractivity contribution is 5.96. The Morgan fingerprint density at radius 3 is 2.56 bits per heavy atom. The fraction of sp³-hybridized carbons (Fsp3) is 0. The Balaban J connectivity index is 2.40. The van der Waals surface area contributed by atoms with Gasteiger partial charge in [-0.15, -0.1) is 0 Å². The minimum Gasteiger partial charge on any atom is -0.258 e. The summed E-state index contributed by atoms with van der Waals surface area (Å²) in [7, 11) is 0. The van der Waals surface area contributed by atoms with Crippen molar-refractivity contribution in [3.8, 4) is 11.1 Å². The lowest BCUT2D eigenvalue weighted by atomic mass is 10.0. The van der Waals surface area contributed by atoms with Gasteiger partial charge in [0.1, 0.15) is 11.0 Å². The summed E-state index contributed by atoms with van der Waals surface area (Å²) in [5.74, 6) is 0. The van der Waals surface area contributed by atoms with E-state index in [0.717, 1.165) is 5.56 Å². The predicted octanol–water partition coefficient (Wildman–Crippen LogP) is 2.53. The maximum Gasteiger partial charge on any atom is 0.279 e. The van der Waals surface area contributed by atoms with Crippen LogP contribution in [0.4, 0.5) is 5.69 Å². The molecule has 0 aliphatic heterocycles. The largest absolute Gasteiger partial charge is 0.279 e. The van der Waals surface area contributed by atoms with E-state index in [1.54, 1.807) is 6.07 Å². The molecule has 1 aromatic heterocycles. The van der Waals surface area contributed by atoms with Crippen LogP contribution in [0.1, 0.15) is 0 Å². The molecule has 88 valence electrons. The van der Waals surface area contributed by atoms with E-state index in [-0.39, 0.29) is 5.69 Å². The summed E-state index contributed by atoms with van der Waals surface area (Å²) in [4.78, 5) is 10.7. The number of hydrogen-bond acceptors (Lipinski definition) is 4. The first-order chi connectivity index (χ1) is 8.77. The monoisotopic (exact) mass is 240 g/mol. The third-order valence-electron chi connectivity index (χ3n) is 2.73. The Morgan fingerprint density at radius 1 is 1.06 bits per heavy atom. The average Bonchev–Trinajstić information content (AvgIpc) is 2.86. The van der Waals surface area contributed by atoms with Gasteiger partial charge in [-0.2, -0.15) is 15.4 Å². The number of benzene rings is 2. The predicted molar refractivity (Wildman–Crippen MR) is 66.0 cm³/mol. The molecule has 2 aromatic carbocycles. The van der Waals surface area contributed by atoms with Gasteiger partial charge in [-0.25, -0.2) is 0 Å². The number of nitrogens with one attached hydrogen (secondary N) is 1. The van der Waals surface area contributed by atoms with Crippen LogP contribution < -0.4 is 0 Å². The summed E-state index contributed by atoms with van der Waals surface area (Å²) in [6.45, 7) is 0. The fourth-order valence-electron chi connectivity index (χ4n) is 1.94. The molecule has 0 aliphatic rings. The lowest BCUT2D eigenvalue weighted by molar-refractivity contribution is -0.384. The molecule has 0 aliphatic carbocycles. The Morgan fingerprint density at radius 2 is 1.83 bits per heavy atom. The van der Waals surface area contributed by atoms with Crippen molar-refractivity contribution in [2.45, 2.75) is 0 Å². The highest BCUT2D eigenvalue weighted by atomic mass is 16.6. The average molecular weight is 240 g/mol. The first-order valence-electron chi connectivity index (χ1n) is 5.30. The number of fused-ring (bicyclic) bond motifs is 1. The molecule has 1 N–H and O–H groups in total. The molecule has 3 aromatic rings. The molecule has 0 fully saturated rings. The van der Waals surface area contributed by atoms with Gasteiger partial charge in [-0.3, -0.25) is 10.1 Å². The summed E-state index contributed by atoms with van der Waals surface area (Å²) in [5, 5.41) is 21.5. The number of aromatic nitrogens is 3. The molecule has 0 bridgehead atoms. The van der Waals surface area contributed by atoms with Gasteiger partial charge in [-0.1, -0.05) is 30.3 Å². The normalized spacial score (nSPS) is 10.7. The molecule has 0 atom stereocenters. The van der Waals surface area contributed by atoms with Gasteiger partial charge in [0.05, 0.1) is 10.5 Å². The van der Waals surface area contributed by atoms with Crippen molar-refractivity contribution in [1.29, 1.82) is 0 Å². The first-order valence-corrected chi connectivity index (χ1v) is 5.30. The van der Waals surface area contributed by atoms with Crippen LogP contribution in [0.2, 0.25) is 0 Å². The van der Waals surface area contributed by atoms with Crippen molar-refractivity contribution in [2.24, 2.45) is 0 Å². The van der Waals surface area contributed by atoms with Crippen molar-refractivity contribution in [3.05, 3.63) is 52.6 Å². The highest BCUT2D eigenvalue weighted by Gasteiger charge is 2.20. The third-order valence-corrected chi connectivity index (χ3v) is 2.73. The molecule has 0 unspecified atom stereocenters. The smallest absolute Gasteiger partial charge is 0.258 e. The van der Waals surface area contributed by atoms with Gasteiger partial charge in [-0.05, 0) is 11.6 Å². The van der Waals surface area contributed by atoms with Gasteiger partial charge >= 0.3 is 0 Å². The lowest BCUT2D eigenvalue weighted by Crippen LogP contribution is -1.93. The number of hydrogen-bond donors (Lipinski definition) is 1. The zero-order valence-corrected chi connectivity index (χ0v) is 9.20. The second-order valence-corrected chi connectivity index (χ2v) is 3.77. The van der Waals surface area contributed by atoms with E-state index in [1.165, 1.54) is 6.07 Å². The van der Waals surface area contributed by atoms with E-state index < -0.39 is 4.92 Å². The molecular weight excluding hydrogens is 232 g/mol. The van der Waals surface area contributed by atoms with Gasteiger partial charge in [0.2, 0.25) is 0 Å². The number of nitrogens with zero attached hydrogens (tertiary/aromatic N) is 3. The minimum atomic E-state index is -0.406. The Labute approximate surface area is 101 Å². The molecule has 0 spiro atoms. The van der Waals surface area contributed by atoms with Crippen LogP contribution in [0, 0.1) is 10.1 Å². The summed E-state index contributed by atoms with van der Waals surface area (Å²) in [6.07, 6.45) is 0. The Hall–Kier alpha value is -2.76. The number of nitro benzene ring substituents is 1. The van der Waals surface area contributed by atoms with Gasteiger partial charge < -0.3 is 0 Å². The first kappa shape index (κ1) is 10.4. The zero-order chi connectivity index (χ0) is 12.5. The maximum atomic E-state index is 11.1. The van der Waals surface area contributed by atoms with Crippen LogP contribution in [0.3, 0.4) is 0 Å². The molecule has 0 saturated heterocycles. The summed E-state index contributed by atoms with van der Waals surface area (Å²) < 4.78 is 0. The van der Waals surface area contributed by atoms with Crippen LogP contribution in [-0.4, -0.2) is 20.3 Å². The van der Waals surface area contributed by atoms with Gasteiger partial charge in [0.25, 0.3) is 5.69 Å². The van der Waals surface area contributed by atoms with Gasteiger partial charge in [0.15, 0.2) is 0 Å². The van der Waals surface area contributed by atoms with Crippen molar-refractivity contribution >= 4 is 16.7 Å². The molecule has 6 heteroatoms. The van der Waals surface area contributed by atoms with Crippen LogP contribution >= 0.6 is 0 Å². The number of rotatable bonds is 2. The summed E-state index contributed by atoms with van der Waals surface area (Å²) in [6, 6.07) is 12.2. The van der Waals surface area contributed by atoms with E-state index in [2.05, 4.69) is 15.4 Å². The fourth-order valence-corrected chi connectivity index (χ4v) is 1.94. The quantitative estimate of drug-likeness (QED) is 0.551. The van der Waals surface area contributed by atoms with Crippen molar-refractivity contribution in [3.63, 3.8) is 0 Å². The van der Waals surface area contributed by atoms with E-state index in [4.69, 9.17) is 0 Å². The van der Waals surface area contributed by atoms with Crippen molar-refractivity contribution in [2.75, 3.05) is 0 Å². The topological polar surface area (TPSA) is 84.7 Å². The standard InChI is InChI=1S/C12H8N4O2/c17-16(18)10-7-6-9-12(14-15-13-9)11(10)8-4-2-1-3-5-8/h1-7H,(H,13,14,15). The molecule has 18 heavy (non-hydrogen) atoms. The van der Waals surface area contributed by atoms with Crippen molar-refractivity contribution in [1.82, 2.24) is 15.4 Å². The van der Waals surface area contributed by atoms with Crippen LogP contribution in [0.5, 0.6) is 0 Å². The second-order valence-electron chi connectivity index (χ2n) is 3.77. The van der Waals surface area contributed by atoms with Crippen LogP contribution in [0.15, 0.2) is 42.5 Å². The number of H-pyrrole nitrogens is 1. The third kappa shape index (κ3) is 1.51. The molecule has 1 heterocycles. The number of nitro groups is 1. The molecule has 0 amide bonds. The molecular formula is C12H8N4O2. The van der Waals surface area contributed by atoms with Crippen LogP contribution in [-0.2, 0) is 0 Å². The Kier molecular flexibility index (Phi) is 2.26. The summed E-state index contributed by atoms with van der Waals surface area (Å²) >= 11 is 0. The lowest BCUT2D eigenvalue weighted by Gasteiger charge is -2.03. The number of aromatic amines is 1. The summed E-state index contributed by atoms with van der Waals surface area (Å²) in [5.41, 5.74) is 2.40. The van der Waals surface area contributed by atoms with E-state index in [9.17, 15) is 10.1 Å². The molecule has 0 saturated carbocycles. The van der Waals surface area contributed by atoms with Crippen LogP contribution in [0.25, 0.3) is 22.2 Å². The highest BCUT2D eigenvalue weighted by Crippen LogP contribution is 2.34. The van der Waals surface area contributed by atoms with E-state index in [1.807, 2.05) is 30.3 Å². The Bertz CT molecular complexity index is 721. The van der Waals surface area contributed by atoms with E-state index in [0.29, 0.717) is 16.6 Å². The molecule has 3 rings (SSSR count). The maximum absolute atomic E-state index is 11.1.